The van der Waals surface area contributed by atoms with Crippen LogP contribution in [0.15, 0.2) is 35.7 Å². The Labute approximate surface area is 182 Å². The fourth-order valence-electron chi connectivity index (χ4n) is 3.81. The van der Waals surface area contributed by atoms with Crippen LogP contribution in [0.1, 0.15) is 44.5 Å². The van der Waals surface area contributed by atoms with Crippen LogP contribution in [0.4, 0.5) is 19.0 Å². The second-order valence-electron chi connectivity index (χ2n) is 7.82. The second-order valence-corrected chi connectivity index (χ2v) is 8.73. The molecule has 1 aliphatic heterocycles. The monoisotopic (exact) mass is 449 g/mol. The lowest BCUT2D eigenvalue weighted by molar-refractivity contribution is -0.172. The molecule has 0 fully saturated rings. The van der Waals surface area contributed by atoms with Crippen molar-refractivity contribution >= 4 is 23.1 Å². The summed E-state index contributed by atoms with van der Waals surface area (Å²) in [5.41, 5.74) is 3.48. The molecule has 9 heteroatoms. The molecule has 3 aromatic rings. The number of thiophene rings is 1. The van der Waals surface area contributed by atoms with Gasteiger partial charge in [0.25, 0.3) is 5.91 Å². The summed E-state index contributed by atoms with van der Waals surface area (Å²) in [4.78, 5) is 14.9. The normalized spacial score (nSPS) is 16.3. The summed E-state index contributed by atoms with van der Waals surface area (Å²) in [6.45, 7) is 5.90. The topological polar surface area (TPSA) is 47.4 Å². The molecule has 2 aromatic heterocycles. The van der Waals surface area contributed by atoms with Gasteiger partial charge >= 0.3 is 6.18 Å². The number of hydrogen-bond acceptors (Lipinski definition) is 4. The summed E-state index contributed by atoms with van der Waals surface area (Å²) in [6.07, 6.45) is -4.64. The first-order valence-corrected chi connectivity index (χ1v) is 10.7. The number of carbonyl (C=O) groups excluding carboxylic acids is 1. The van der Waals surface area contributed by atoms with Crippen LogP contribution in [0.25, 0.3) is 0 Å². The average Bonchev–Trinajstić information content (AvgIpc) is 3.29. The van der Waals surface area contributed by atoms with Gasteiger partial charge in [0.05, 0.1) is 10.6 Å². The number of fused-ring (bicyclic) bond motifs is 1. The Morgan fingerprint density at radius 3 is 2.55 bits per heavy atom. The first kappa shape index (κ1) is 21.4. The third-order valence-corrected chi connectivity index (χ3v) is 6.09. The smallest absolute Gasteiger partial charge is 0.410 e. The third kappa shape index (κ3) is 4.46. The highest BCUT2D eigenvalue weighted by molar-refractivity contribution is 7.12. The molecule has 0 aliphatic carbocycles. The number of carbonyl (C=O) groups is 1. The van der Waals surface area contributed by atoms with Gasteiger partial charge in [0.15, 0.2) is 6.04 Å². The van der Waals surface area contributed by atoms with Gasteiger partial charge in [-0.25, -0.2) is 4.68 Å². The largest absolute Gasteiger partial charge is 0.489 e. The zero-order chi connectivity index (χ0) is 22.3. The van der Waals surface area contributed by atoms with Gasteiger partial charge in [0.2, 0.25) is 0 Å². The third-order valence-electron chi connectivity index (χ3n) is 5.12. The molecule has 0 spiro atoms. The molecule has 0 bridgehead atoms. The van der Waals surface area contributed by atoms with Crippen molar-refractivity contribution in [2.45, 2.75) is 46.0 Å². The number of nitrogens with zero attached hydrogens (tertiary/aromatic N) is 3. The minimum absolute atomic E-state index is 0.0134. The van der Waals surface area contributed by atoms with Gasteiger partial charge in [-0.1, -0.05) is 6.07 Å². The van der Waals surface area contributed by atoms with Gasteiger partial charge in [0.1, 0.15) is 18.2 Å². The molecule has 0 saturated carbocycles. The van der Waals surface area contributed by atoms with Crippen molar-refractivity contribution in [1.82, 2.24) is 9.78 Å². The quantitative estimate of drug-likeness (QED) is 0.521. The number of rotatable bonds is 4. The Morgan fingerprint density at radius 1 is 1.16 bits per heavy atom. The molecule has 164 valence electrons. The van der Waals surface area contributed by atoms with Crippen molar-refractivity contribution in [2.24, 2.45) is 0 Å². The van der Waals surface area contributed by atoms with E-state index in [1.54, 1.807) is 13.0 Å². The number of ether oxygens (including phenoxy) is 1. The lowest BCUT2D eigenvalue weighted by atomic mass is 10.1. The van der Waals surface area contributed by atoms with E-state index in [1.165, 1.54) is 22.3 Å². The minimum Gasteiger partial charge on any atom is -0.489 e. The van der Waals surface area contributed by atoms with Crippen molar-refractivity contribution in [3.05, 3.63) is 63.0 Å². The molecule has 1 aromatic carbocycles. The van der Waals surface area contributed by atoms with Crippen LogP contribution in [0.5, 0.6) is 5.75 Å². The molecule has 3 heterocycles. The lowest BCUT2D eigenvalue weighted by Crippen LogP contribution is -2.42. The zero-order valence-electron chi connectivity index (χ0n) is 17.4. The Hall–Kier alpha value is -2.81. The molecule has 1 atom stereocenters. The van der Waals surface area contributed by atoms with E-state index in [9.17, 15) is 18.0 Å². The number of hydrogen-bond donors (Lipinski definition) is 0. The number of alkyl halides is 3. The van der Waals surface area contributed by atoms with Gasteiger partial charge in [0, 0.05) is 18.2 Å². The molecular formula is C22H22F3N3O2S. The number of amides is 1. The van der Waals surface area contributed by atoms with E-state index < -0.39 is 12.2 Å². The molecule has 0 radical (unpaired) electrons. The molecule has 5 nitrogen and oxygen atoms in total. The molecule has 1 unspecified atom stereocenters. The lowest BCUT2D eigenvalue weighted by Gasteiger charge is -2.33. The maximum Gasteiger partial charge on any atom is 0.410 e. The molecule has 0 saturated heterocycles. The first-order chi connectivity index (χ1) is 14.6. The first-order valence-electron chi connectivity index (χ1n) is 9.85. The van der Waals surface area contributed by atoms with Crippen LogP contribution in [0.3, 0.4) is 0 Å². The van der Waals surface area contributed by atoms with E-state index >= 15 is 0 Å². The fraction of sp³-hybridized carbons (Fsp3) is 0.364. The Morgan fingerprint density at radius 2 is 1.87 bits per heavy atom. The van der Waals surface area contributed by atoms with Crippen LogP contribution in [-0.4, -0.2) is 28.4 Å². The summed E-state index contributed by atoms with van der Waals surface area (Å²) in [5, 5.41) is 5.83. The van der Waals surface area contributed by atoms with E-state index in [-0.39, 0.29) is 24.7 Å². The summed E-state index contributed by atoms with van der Waals surface area (Å²) in [5.74, 6) is 0.604. The van der Waals surface area contributed by atoms with Crippen LogP contribution in [0, 0.1) is 20.8 Å². The average molecular weight is 449 g/mol. The van der Waals surface area contributed by atoms with Gasteiger partial charge in [-0.2, -0.15) is 18.3 Å². The number of anilines is 1. The van der Waals surface area contributed by atoms with Gasteiger partial charge in [-0.15, -0.1) is 11.3 Å². The Bertz CT molecular complexity index is 1100. The summed E-state index contributed by atoms with van der Waals surface area (Å²) in [7, 11) is 0. The maximum absolute atomic E-state index is 13.4. The second kappa shape index (κ2) is 8.03. The van der Waals surface area contributed by atoms with Crippen molar-refractivity contribution in [3.8, 4) is 5.75 Å². The predicted octanol–water partition coefficient (Wildman–Crippen LogP) is 5.60. The molecule has 0 N–H and O–H groups in total. The molecule has 1 amide bonds. The number of benzene rings is 1. The van der Waals surface area contributed by atoms with E-state index in [2.05, 4.69) is 11.2 Å². The van der Waals surface area contributed by atoms with E-state index in [0.29, 0.717) is 17.2 Å². The van der Waals surface area contributed by atoms with Crippen LogP contribution in [0.2, 0.25) is 0 Å². The van der Waals surface area contributed by atoms with E-state index in [0.717, 1.165) is 27.1 Å². The predicted molar refractivity (Wildman–Crippen MR) is 113 cm³/mol. The number of aromatic nitrogens is 2. The minimum atomic E-state index is -4.41. The summed E-state index contributed by atoms with van der Waals surface area (Å²) < 4.78 is 46.9. The Kier molecular flexibility index (Phi) is 5.55. The van der Waals surface area contributed by atoms with Crippen LogP contribution >= 0.6 is 11.3 Å². The molecule has 31 heavy (non-hydrogen) atoms. The standard InChI is InChI=1S/C22H22F3N3O2S/c1-13-6-14(2)8-17(7-13)30-11-16-10-18(31-12-16)21(29)27-5-4-19(22(23,24)25)28-20(27)9-15(3)26-28/h6-10,12,19H,4-5,11H2,1-3H3. The van der Waals surface area contributed by atoms with Gasteiger partial charge in [-0.3, -0.25) is 9.69 Å². The highest BCUT2D eigenvalue weighted by Crippen LogP contribution is 2.40. The van der Waals surface area contributed by atoms with E-state index in [1.807, 2.05) is 31.4 Å². The van der Waals surface area contributed by atoms with Gasteiger partial charge in [-0.05, 0) is 61.9 Å². The number of aryl methyl sites for hydroxylation is 3. The van der Waals surface area contributed by atoms with Crippen LogP contribution in [-0.2, 0) is 6.61 Å². The van der Waals surface area contributed by atoms with Crippen molar-refractivity contribution in [3.63, 3.8) is 0 Å². The summed E-state index contributed by atoms with van der Waals surface area (Å²) >= 11 is 1.26. The highest BCUT2D eigenvalue weighted by atomic mass is 32.1. The molecule has 4 rings (SSSR count). The van der Waals surface area contributed by atoms with Crippen molar-refractivity contribution < 1.29 is 22.7 Å². The van der Waals surface area contributed by atoms with Crippen LogP contribution < -0.4 is 9.64 Å². The SMILES string of the molecule is Cc1cc(C)cc(OCc2csc(C(=O)N3CCC(C(F)(F)F)n4nc(C)cc43)c2)c1. The highest BCUT2D eigenvalue weighted by Gasteiger charge is 2.46. The Balaban J connectivity index is 1.50. The molecular weight excluding hydrogens is 427 g/mol. The maximum atomic E-state index is 13.4. The van der Waals surface area contributed by atoms with Crippen molar-refractivity contribution in [2.75, 3.05) is 11.4 Å². The zero-order valence-corrected chi connectivity index (χ0v) is 18.2. The van der Waals surface area contributed by atoms with E-state index in [4.69, 9.17) is 4.74 Å². The summed E-state index contributed by atoms with van der Waals surface area (Å²) in [6, 6.07) is 7.49. The fourth-order valence-corrected chi connectivity index (χ4v) is 4.65. The number of halogens is 3. The van der Waals surface area contributed by atoms with Gasteiger partial charge < -0.3 is 4.74 Å². The molecule has 1 aliphatic rings. The van der Waals surface area contributed by atoms with Crippen molar-refractivity contribution in [1.29, 1.82) is 0 Å².